The Kier molecular flexibility index (Phi) is 0.793. The van der Waals surface area contributed by atoms with Crippen molar-refractivity contribution >= 4 is 0 Å². The van der Waals surface area contributed by atoms with Crippen molar-refractivity contribution in [2.45, 2.75) is 0 Å². The second-order valence-corrected chi connectivity index (χ2v) is 3.63. The van der Waals surface area contributed by atoms with E-state index in [1.54, 1.807) is 0 Å². The van der Waals surface area contributed by atoms with Crippen LogP contribution in [0.4, 0.5) is 0 Å². The highest BCUT2D eigenvalue weighted by Crippen LogP contribution is 2.57. The van der Waals surface area contributed by atoms with Crippen LogP contribution in [0.25, 0.3) is 0 Å². The molecule has 1 aliphatic heterocycles. The molecule has 0 saturated carbocycles. The molecule has 11 heavy (non-hydrogen) atoms. The minimum Gasteiger partial charge on any atom is -0.379 e. The van der Waals surface area contributed by atoms with Gasteiger partial charge in [-0.15, -0.1) is 0 Å². The molecule has 2 aliphatic carbocycles. The Labute approximate surface area is 66.1 Å². The Morgan fingerprint density at radius 3 is 1.82 bits per heavy atom. The molecule has 0 aromatic carbocycles. The fourth-order valence-corrected chi connectivity index (χ4v) is 2.24. The molecule has 56 valence electrons. The molecule has 0 N–H and O–H groups in total. The van der Waals surface area contributed by atoms with Crippen LogP contribution >= 0.6 is 0 Å². The lowest BCUT2D eigenvalue weighted by Crippen LogP contribution is -2.42. The Balaban J connectivity index is 2.20. The highest BCUT2D eigenvalue weighted by atomic mass is 16.5. The van der Waals surface area contributed by atoms with Crippen LogP contribution in [0.3, 0.4) is 0 Å². The molecule has 1 saturated heterocycles. The normalized spacial score (nSPS) is 50.2. The first-order valence-electron chi connectivity index (χ1n) is 4.02. The lowest BCUT2D eigenvalue weighted by atomic mass is 9.56. The maximum absolute atomic E-state index is 5.50. The van der Waals surface area contributed by atoms with Gasteiger partial charge in [-0.1, -0.05) is 36.5 Å². The minimum absolute atomic E-state index is 0.238. The summed E-state index contributed by atoms with van der Waals surface area (Å²) in [6, 6.07) is 0. The largest absolute Gasteiger partial charge is 0.379 e. The molecule has 0 aromatic heterocycles. The van der Waals surface area contributed by atoms with Crippen LogP contribution in [0, 0.1) is 10.8 Å². The van der Waals surface area contributed by atoms with Crippen molar-refractivity contribution in [1.29, 1.82) is 0 Å². The summed E-state index contributed by atoms with van der Waals surface area (Å²) in [5, 5.41) is 0. The van der Waals surface area contributed by atoms with Crippen molar-refractivity contribution in [1.82, 2.24) is 0 Å². The summed E-state index contributed by atoms with van der Waals surface area (Å²) in [6.45, 7) is 1.73. The molecule has 1 heterocycles. The SMILES string of the molecule is C1=C[C@@]23C=C[C@@]2(C=C1)COC3. The molecule has 0 aromatic rings. The smallest absolute Gasteiger partial charge is 0.0604 e. The number of hydrogen-bond acceptors (Lipinski definition) is 1. The van der Waals surface area contributed by atoms with Crippen LogP contribution in [-0.2, 0) is 4.74 Å². The van der Waals surface area contributed by atoms with E-state index in [-0.39, 0.29) is 10.8 Å². The molecule has 1 nitrogen and oxygen atoms in total. The van der Waals surface area contributed by atoms with Gasteiger partial charge in [0.1, 0.15) is 0 Å². The van der Waals surface area contributed by atoms with Gasteiger partial charge >= 0.3 is 0 Å². The van der Waals surface area contributed by atoms with Gasteiger partial charge in [-0.2, -0.15) is 0 Å². The van der Waals surface area contributed by atoms with E-state index in [0.717, 1.165) is 13.2 Å². The molecule has 1 heteroatoms. The molecule has 0 unspecified atom stereocenters. The molecular formula is C10H10O. The van der Waals surface area contributed by atoms with Gasteiger partial charge in [-0.3, -0.25) is 0 Å². The average molecular weight is 146 g/mol. The van der Waals surface area contributed by atoms with E-state index >= 15 is 0 Å². The van der Waals surface area contributed by atoms with E-state index in [1.807, 2.05) is 0 Å². The van der Waals surface area contributed by atoms with E-state index in [4.69, 9.17) is 4.74 Å². The van der Waals surface area contributed by atoms with Crippen molar-refractivity contribution in [3.8, 4) is 0 Å². The number of rotatable bonds is 0. The summed E-state index contributed by atoms with van der Waals surface area (Å²) in [5.41, 5.74) is 0.476. The van der Waals surface area contributed by atoms with Gasteiger partial charge in [0.25, 0.3) is 0 Å². The van der Waals surface area contributed by atoms with E-state index in [9.17, 15) is 0 Å². The van der Waals surface area contributed by atoms with Crippen LogP contribution in [0.1, 0.15) is 0 Å². The van der Waals surface area contributed by atoms with Crippen molar-refractivity contribution in [3.05, 3.63) is 36.5 Å². The third-order valence-corrected chi connectivity index (χ3v) is 3.12. The fraction of sp³-hybridized carbons (Fsp3) is 0.400. The summed E-state index contributed by atoms with van der Waals surface area (Å²) < 4.78 is 5.50. The van der Waals surface area contributed by atoms with Crippen molar-refractivity contribution < 1.29 is 4.74 Å². The number of ether oxygens (including phenoxy) is 1. The van der Waals surface area contributed by atoms with E-state index < -0.39 is 0 Å². The third kappa shape index (κ3) is 0.457. The highest BCUT2D eigenvalue weighted by Gasteiger charge is 2.56. The summed E-state index contributed by atoms with van der Waals surface area (Å²) in [4.78, 5) is 0. The predicted molar refractivity (Wildman–Crippen MR) is 43.1 cm³/mol. The van der Waals surface area contributed by atoms with E-state index in [2.05, 4.69) is 36.5 Å². The standard InChI is InChI=1S/C10H10O/c1-2-4-10-6-5-9(10,3-1)7-11-8-10/h1-6H,7-8H2/t9-,10-/m0/s1. The second-order valence-electron chi connectivity index (χ2n) is 3.63. The highest BCUT2D eigenvalue weighted by molar-refractivity contribution is 5.44. The van der Waals surface area contributed by atoms with Crippen LogP contribution < -0.4 is 0 Å². The minimum atomic E-state index is 0.238. The quantitative estimate of drug-likeness (QED) is 0.472. The Morgan fingerprint density at radius 1 is 0.818 bits per heavy atom. The Bertz CT molecular complexity index is 259. The van der Waals surface area contributed by atoms with Gasteiger partial charge in [0, 0.05) is 10.8 Å². The third-order valence-electron chi connectivity index (χ3n) is 3.12. The number of hydrogen-bond donors (Lipinski definition) is 0. The molecular weight excluding hydrogens is 136 g/mol. The zero-order valence-corrected chi connectivity index (χ0v) is 6.29. The molecule has 3 aliphatic rings. The Hall–Kier alpha value is -0.820. The zero-order chi connectivity index (χ0) is 7.36. The first kappa shape index (κ1) is 5.78. The van der Waals surface area contributed by atoms with E-state index in [1.165, 1.54) is 0 Å². The first-order valence-corrected chi connectivity index (χ1v) is 4.02. The summed E-state index contributed by atoms with van der Waals surface area (Å²) in [5.74, 6) is 0. The summed E-state index contributed by atoms with van der Waals surface area (Å²) in [6.07, 6.45) is 13.3. The Morgan fingerprint density at radius 2 is 1.36 bits per heavy atom. The van der Waals surface area contributed by atoms with Gasteiger partial charge in [0.05, 0.1) is 13.2 Å². The molecule has 0 spiro atoms. The van der Waals surface area contributed by atoms with Gasteiger partial charge in [0.15, 0.2) is 0 Å². The van der Waals surface area contributed by atoms with Crippen LogP contribution in [0.2, 0.25) is 0 Å². The zero-order valence-electron chi connectivity index (χ0n) is 6.29. The lowest BCUT2D eigenvalue weighted by molar-refractivity contribution is 0.178. The number of allylic oxidation sites excluding steroid dienone is 2. The molecule has 1 fully saturated rings. The van der Waals surface area contributed by atoms with Gasteiger partial charge in [-0.05, 0) is 0 Å². The van der Waals surface area contributed by atoms with Crippen molar-refractivity contribution in [3.63, 3.8) is 0 Å². The van der Waals surface area contributed by atoms with Gasteiger partial charge in [-0.25, -0.2) is 0 Å². The topological polar surface area (TPSA) is 9.23 Å². The van der Waals surface area contributed by atoms with Crippen molar-refractivity contribution in [2.24, 2.45) is 10.8 Å². The van der Waals surface area contributed by atoms with E-state index in [0.29, 0.717) is 0 Å². The maximum atomic E-state index is 5.50. The molecule has 0 bridgehead atoms. The fourth-order valence-electron chi connectivity index (χ4n) is 2.24. The monoisotopic (exact) mass is 146 g/mol. The van der Waals surface area contributed by atoms with Gasteiger partial charge < -0.3 is 4.74 Å². The molecule has 2 atom stereocenters. The van der Waals surface area contributed by atoms with Crippen LogP contribution in [0.15, 0.2) is 36.5 Å². The predicted octanol–water partition coefficient (Wildman–Crippen LogP) is 1.69. The van der Waals surface area contributed by atoms with Crippen molar-refractivity contribution in [2.75, 3.05) is 13.2 Å². The second kappa shape index (κ2) is 1.51. The van der Waals surface area contributed by atoms with Gasteiger partial charge in [0.2, 0.25) is 0 Å². The lowest BCUT2D eigenvalue weighted by Gasteiger charge is -2.45. The summed E-state index contributed by atoms with van der Waals surface area (Å²) >= 11 is 0. The molecule has 0 amide bonds. The summed E-state index contributed by atoms with van der Waals surface area (Å²) in [7, 11) is 0. The molecule has 3 rings (SSSR count). The first-order chi connectivity index (χ1) is 5.37. The maximum Gasteiger partial charge on any atom is 0.0604 e. The van der Waals surface area contributed by atoms with Crippen LogP contribution in [-0.4, -0.2) is 13.2 Å². The molecule has 0 radical (unpaired) electrons. The average Bonchev–Trinajstić information content (AvgIpc) is 2.29. The van der Waals surface area contributed by atoms with Crippen LogP contribution in [0.5, 0.6) is 0 Å².